The first-order valence-electron chi connectivity index (χ1n) is 5.75. The minimum atomic E-state index is -1.14. The van der Waals surface area contributed by atoms with E-state index in [9.17, 15) is 14.7 Å². The number of methoxy groups -OCH3 is 1. The highest BCUT2D eigenvalue weighted by atomic mass is 16.6. The van der Waals surface area contributed by atoms with Crippen LogP contribution in [0.3, 0.4) is 0 Å². The Kier molecular flexibility index (Phi) is 8.86. The lowest BCUT2D eigenvalue weighted by Crippen LogP contribution is -2.17. The van der Waals surface area contributed by atoms with E-state index in [4.69, 9.17) is 9.47 Å². The Balaban J connectivity index is 3.91. The molecule has 2 atom stereocenters. The van der Waals surface area contributed by atoms with E-state index >= 15 is 0 Å². The molecule has 0 aliphatic rings. The normalized spacial score (nSPS) is 14.2. The number of ether oxygens (including phenoxy) is 3. The molecule has 2 unspecified atom stereocenters. The van der Waals surface area contributed by atoms with Gasteiger partial charge in [-0.3, -0.25) is 0 Å². The molecule has 6 nitrogen and oxygen atoms in total. The summed E-state index contributed by atoms with van der Waals surface area (Å²) in [4.78, 5) is 22.3. The second kappa shape index (κ2) is 9.61. The fourth-order valence-corrected chi connectivity index (χ4v) is 0.931. The molecule has 18 heavy (non-hydrogen) atoms. The average Bonchev–Trinajstić information content (AvgIpc) is 2.33. The molecule has 0 aromatic carbocycles. The van der Waals surface area contributed by atoms with Gasteiger partial charge in [0, 0.05) is 25.7 Å². The van der Waals surface area contributed by atoms with Crippen LogP contribution in [0.2, 0.25) is 0 Å². The number of esters is 2. The Morgan fingerprint density at radius 2 is 1.89 bits per heavy atom. The van der Waals surface area contributed by atoms with Gasteiger partial charge >= 0.3 is 11.9 Å². The lowest BCUT2D eigenvalue weighted by atomic mass is 10.3. The van der Waals surface area contributed by atoms with Gasteiger partial charge in [0.2, 0.25) is 6.29 Å². The highest BCUT2D eigenvalue weighted by Crippen LogP contribution is 1.99. The lowest BCUT2D eigenvalue weighted by molar-refractivity contribution is -0.162. The zero-order valence-electron chi connectivity index (χ0n) is 10.9. The predicted octanol–water partition coefficient (Wildman–Crippen LogP) is 0.782. The van der Waals surface area contributed by atoms with Gasteiger partial charge in [0.15, 0.2) is 0 Å². The maximum Gasteiger partial charge on any atom is 0.333 e. The van der Waals surface area contributed by atoms with Gasteiger partial charge in [-0.15, -0.1) is 0 Å². The molecule has 0 amide bonds. The van der Waals surface area contributed by atoms with Gasteiger partial charge in [0.1, 0.15) is 6.61 Å². The molecular weight excluding hydrogens is 240 g/mol. The van der Waals surface area contributed by atoms with Crippen LogP contribution in [0.15, 0.2) is 12.2 Å². The zero-order chi connectivity index (χ0) is 14.0. The minimum absolute atomic E-state index is 0.104. The number of rotatable bonds is 8. The Morgan fingerprint density at radius 1 is 1.28 bits per heavy atom. The van der Waals surface area contributed by atoms with E-state index < -0.39 is 18.2 Å². The molecule has 0 aliphatic carbocycles. The second-order valence-electron chi connectivity index (χ2n) is 3.69. The van der Waals surface area contributed by atoms with E-state index in [0.717, 1.165) is 12.2 Å². The van der Waals surface area contributed by atoms with E-state index in [0.29, 0.717) is 12.8 Å². The zero-order valence-corrected chi connectivity index (χ0v) is 10.9. The molecule has 0 aromatic heterocycles. The van der Waals surface area contributed by atoms with Gasteiger partial charge in [0.05, 0.1) is 6.10 Å². The number of carbonyl (C=O) groups excluding carboxylic acids is 2. The highest BCUT2D eigenvalue weighted by Gasteiger charge is 2.08. The average molecular weight is 260 g/mol. The summed E-state index contributed by atoms with van der Waals surface area (Å²) in [6, 6.07) is 0. The van der Waals surface area contributed by atoms with Crippen LogP contribution in [0.1, 0.15) is 26.7 Å². The SMILES string of the molecule is CCCC(O)OC(=O)C=CC(=O)OCC(C)OC. The molecular formula is C12H20O6. The van der Waals surface area contributed by atoms with Crippen LogP contribution >= 0.6 is 0 Å². The third-order valence-electron chi connectivity index (χ3n) is 2.01. The van der Waals surface area contributed by atoms with E-state index in [1.165, 1.54) is 7.11 Å². The third kappa shape index (κ3) is 8.72. The largest absolute Gasteiger partial charge is 0.460 e. The molecule has 0 bridgehead atoms. The van der Waals surface area contributed by atoms with E-state index in [2.05, 4.69) is 4.74 Å². The fraction of sp³-hybridized carbons (Fsp3) is 0.667. The summed E-state index contributed by atoms with van der Waals surface area (Å²) in [7, 11) is 1.50. The van der Waals surface area contributed by atoms with Crippen molar-refractivity contribution >= 4 is 11.9 Å². The lowest BCUT2D eigenvalue weighted by Gasteiger charge is -2.09. The molecule has 6 heteroatoms. The molecule has 0 saturated heterocycles. The number of hydrogen-bond acceptors (Lipinski definition) is 6. The molecule has 104 valence electrons. The molecule has 0 radical (unpaired) electrons. The first-order valence-corrected chi connectivity index (χ1v) is 5.75. The molecule has 0 aromatic rings. The first-order chi connectivity index (χ1) is 8.49. The van der Waals surface area contributed by atoms with Crippen LogP contribution in [0.25, 0.3) is 0 Å². The summed E-state index contributed by atoms with van der Waals surface area (Å²) < 4.78 is 14.2. The van der Waals surface area contributed by atoms with Crippen molar-refractivity contribution < 1.29 is 28.9 Å². The summed E-state index contributed by atoms with van der Waals surface area (Å²) in [5.74, 6) is -1.45. The van der Waals surface area contributed by atoms with E-state index in [-0.39, 0.29) is 12.7 Å². The van der Waals surface area contributed by atoms with Crippen LogP contribution in [0, 0.1) is 0 Å². The van der Waals surface area contributed by atoms with Gasteiger partial charge in [-0.25, -0.2) is 9.59 Å². The Hall–Kier alpha value is -1.40. The second-order valence-corrected chi connectivity index (χ2v) is 3.69. The maximum absolute atomic E-state index is 11.1. The number of aliphatic hydroxyl groups excluding tert-OH is 1. The molecule has 1 N–H and O–H groups in total. The number of hydrogen-bond donors (Lipinski definition) is 1. The maximum atomic E-state index is 11.1. The first kappa shape index (κ1) is 16.6. The van der Waals surface area contributed by atoms with Crippen LogP contribution in [0.5, 0.6) is 0 Å². The van der Waals surface area contributed by atoms with Gasteiger partial charge in [-0.2, -0.15) is 0 Å². The van der Waals surface area contributed by atoms with Crippen LogP contribution in [-0.2, 0) is 23.8 Å². The summed E-state index contributed by atoms with van der Waals surface area (Å²) >= 11 is 0. The standard InChI is InChI=1S/C12H20O6/c1-4-5-11(14)18-12(15)7-6-10(13)17-8-9(2)16-3/h6-7,9,11,14H,4-5,8H2,1-3H3. The predicted molar refractivity (Wildman–Crippen MR) is 63.6 cm³/mol. The van der Waals surface area contributed by atoms with Gasteiger partial charge in [-0.1, -0.05) is 13.3 Å². The molecule has 0 spiro atoms. The third-order valence-corrected chi connectivity index (χ3v) is 2.01. The molecule has 0 fully saturated rings. The summed E-state index contributed by atoms with van der Waals surface area (Å²) in [5.41, 5.74) is 0. The molecule has 0 aliphatic heterocycles. The molecule has 0 saturated carbocycles. The minimum Gasteiger partial charge on any atom is -0.460 e. The van der Waals surface area contributed by atoms with Crippen molar-refractivity contribution in [2.45, 2.75) is 39.1 Å². The number of carbonyl (C=O) groups is 2. The van der Waals surface area contributed by atoms with Crippen molar-refractivity contribution in [1.82, 2.24) is 0 Å². The van der Waals surface area contributed by atoms with Crippen molar-refractivity contribution in [3.05, 3.63) is 12.2 Å². The smallest absolute Gasteiger partial charge is 0.333 e. The van der Waals surface area contributed by atoms with Gasteiger partial charge < -0.3 is 19.3 Å². The van der Waals surface area contributed by atoms with Gasteiger partial charge in [0.25, 0.3) is 0 Å². The Morgan fingerprint density at radius 3 is 2.44 bits per heavy atom. The quantitative estimate of drug-likeness (QED) is 0.394. The van der Waals surface area contributed by atoms with Crippen molar-refractivity contribution in [3.8, 4) is 0 Å². The monoisotopic (exact) mass is 260 g/mol. The van der Waals surface area contributed by atoms with Crippen molar-refractivity contribution in [2.24, 2.45) is 0 Å². The van der Waals surface area contributed by atoms with E-state index in [1.807, 2.05) is 6.92 Å². The van der Waals surface area contributed by atoms with Crippen molar-refractivity contribution in [1.29, 1.82) is 0 Å². The van der Waals surface area contributed by atoms with E-state index in [1.54, 1.807) is 6.92 Å². The van der Waals surface area contributed by atoms with Crippen LogP contribution in [-0.4, -0.2) is 43.2 Å². The summed E-state index contributed by atoms with van der Waals surface area (Å²) in [5, 5.41) is 9.18. The van der Waals surface area contributed by atoms with Crippen LogP contribution in [0.4, 0.5) is 0 Å². The summed E-state index contributed by atoms with van der Waals surface area (Å²) in [6.07, 6.45) is 1.56. The van der Waals surface area contributed by atoms with Crippen molar-refractivity contribution in [3.63, 3.8) is 0 Å². The Bertz CT molecular complexity index is 286. The Labute approximate surface area is 107 Å². The summed E-state index contributed by atoms with van der Waals surface area (Å²) in [6.45, 7) is 3.70. The molecule has 0 heterocycles. The van der Waals surface area contributed by atoms with Gasteiger partial charge in [-0.05, 0) is 6.92 Å². The van der Waals surface area contributed by atoms with Crippen molar-refractivity contribution in [2.75, 3.05) is 13.7 Å². The topological polar surface area (TPSA) is 82.1 Å². The molecule has 0 rings (SSSR count). The number of aliphatic hydroxyl groups is 1. The van der Waals surface area contributed by atoms with Crippen LogP contribution < -0.4 is 0 Å². The highest BCUT2D eigenvalue weighted by molar-refractivity contribution is 5.91. The fourth-order valence-electron chi connectivity index (χ4n) is 0.931.